The molecule has 0 aromatic heterocycles. The summed E-state index contributed by atoms with van der Waals surface area (Å²) in [5, 5.41) is 6.64. The standard InChI is InChI=1S/C29H19Cl2N3O6/c30-23-14-12-21(15-24(23)31)33-26(35)27(36)34-32-17-20-11-13-22(39-28(37)18-7-3-1-4-8-18)16-25(20)40-29(38)19-9-5-2-6-10-19/h1-17H,(H,33,35)(H,34,36)/b32-17+. The highest BCUT2D eigenvalue weighted by atomic mass is 35.5. The third-order valence-electron chi connectivity index (χ3n) is 5.17. The first-order valence-corrected chi connectivity index (χ1v) is 12.3. The second-order valence-corrected chi connectivity index (χ2v) is 8.81. The molecule has 0 spiro atoms. The SMILES string of the molecule is O=C(N/N=C/c1ccc(OC(=O)c2ccccc2)cc1OC(=O)c1ccccc1)C(=O)Nc1ccc(Cl)c(Cl)c1. The molecular weight excluding hydrogens is 557 g/mol. The van der Waals surface area contributed by atoms with E-state index in [-0.39, 0.29) is 33.3 Å². The molecule has 0 bridgehead atoms. The highest BCUT2D eigenvalue weighted by Crippen LogP contribution is 2.26. The van der Waals surface area contributed by atoms with Gasteiger partial charge in [0, 0.05) is 17.3 Å². The predicted octanol–water partition coefficient (Wildman–Crippen LogP) is 5.52. The number of anilines is 1. The zero-order valence-corrected chi connectivity index (χ0v) is 22.0. The van der Waals surface area contributed by atoms with E-state index in [0.717, 1.165) is 0 Å². The van der Waals surface area contributed by atoms with Crippen LogP contribution in [0.3, 0.4) is 0 Å². The quantitative estimate of drug-likeness (QED) is 0.0982. The Bertz CT molecular complexity index is 1590. The van der Waals surface area contributed by atoms with Crippen LogP contribution in [0, 0.1) is 0 Å². The molecule has 11 heteroatoms. The van der Waals surface area contributed by atoms with E-state index in [4.69, 9.17) is 32.7 Å². The second kappa shape index (κ2) is 13.2. The molecule has 0 aliphatic carbocycles. The Morgan fingerprint density at radius 1 is 0.675 bits per heavy atom. The van der Waals surface area contributed by atoms with Crippen LogP contribution in [0.5, 0.6) is 11.5 Å². The number of hydrogen-bond acceptors (Lipinski definition) is 7. The van der Waals surface area contributed by atoms with Crippen molar-refractivity contribution in [3.8, 4) is 11.5 Å². The molecule has 4 aromatic rings. The number of esters is 2. The van der Waals surface area contributed by atoms with Gasteiger partial charge < -0.3 is 14.8 Å². The van der Waals surface area contributed by atoms with Gasteiger partial charge in [0.25, 0.3) is 0 Å². The van der Waals surface area contributed by atoms with Crippen LogP contribution in [0.4, 0.5) is 5.69 Å². The topological polar surface area (TPSA) is 123 Å². The molecular formula is C29H19Cl2N3O6. The molecule has 4 rings (SSSR count). The number of amides is 2. The lowest BCUT2D eigenvalue weighted by molar-refractivity contribution is -0.136. The maximum absolute atomic E-state index is 12.7. The van der Waals surface area contributed by atoms with Gasteiger partial charge in [-0.05, 0) is 54.6 Å². The Morgan fingerprint density at radius 2 is 1.30 bits per heavy atom. The van der Waals surface area contributed by atoms with Gasteiger partial charge in [-0.15, -0.1) is 0 Å². The van der Waals surface area contributed by atoms with Crippen molar-refractivity contribution in [1.29, 1.82) is 0 Å². The van der Waals surface area contributed by atoms with Gasteiger partial charge in [-0.2, -0.15) is 5.10 Å². The molecule has 0 fully saturated rings. The molecule has 0 unspecified atom stereocenters. The van der Waals surface area contributed by atoms with Crippen molar-refractivity contribution in [2.24, 2.45) is 5.10 Å². The third-order valence-corrected chi connectivity index (χ3v) is 5.91. The highest BCUT2D eigenvalue weighted by Gasteiger charge is 2.16. The Morgan fingerprint density at radius 3 is 1.93 bits per heavy atom. The predicted molar refractivity (Wildman–Crippen MR) is 150 cm³/mol. The molecule has 0 saturated heterocycles. The number of nitrogens with one attached hydrogen (secondary N) is 2. The first kappa shape index (κ1) is 28.0. The molecule has 0 saturated carbocycles. The second-order valence-electron chi connectivity index (χ2n) is 7.99. The average molecular weight is 576 g/mol. The molecule has 9 nitrogen and oxygen atoms in total. The summed E-state index contributed by atoms with van der Waals surface area (Å²) < 4.78 is 10.9. The van der Waals surface area contributed by atoms with Crippen LogP contribution < -0.4 is 20.2 Å². The van der Waals surface area contributed by atoms with Crippen LogP contribution in [-0.4, -0.2) is 30.0 Å². The number of carbonyl (C=O) groups is 4. The number of halogens is 2. The molecule has 0 aliphatic rings. The number of hydrazone groups is 1. The third kappa shape index (κ3) is 7.53. The van der Waals surface area contributed by atoms with E-state index in [1.54, 1.807) is 60.7 Å². The summed E-state index contributed by atoms with van der Waals surface area (Å²) in [6.07, 6.45) is 1.17. The molecule has 0 heterocycles. The van der Waals surface area contributed by atoms with Crippen molar-refractivity contribution in [3.05, 3.63) is 124 Å². The number of benzene rings is 4. The fourth-order valence-electron chi connectivity index (χ4n) is 3.22. The summed E-state index contributed by atoms with van der Waals surface area (Å²) >= 11 is 11.8. The first-order chi connectivity index (χ1) is 19.3. The summed E-state index contributed by atoms with van der Waals surface area (Å²) in [6.45, 7) is 0. The van der Waals surface area contributed by atoms with E-state index >= 15 is 0 Å². The van der Waals surface area contributed by atoms with E-state index in [1.165, 1.54) is 42.6 Å². The molecule has 0 radical (unpaired) electrons. The number of carbonyl (C=O) groups excluding carboxylic acids is 4. The molecule has 40 heavy (non-hydrogen) atoms. The number of ether oxygens (including phenoxy) is 2. The van der Waals surface area contributed by atoms with Gasteiger partial charge in [0.2, 0.25) is 0 Å². The lowest BCUT2D eigenvalue weighted by Crippen LogP contribution is -2.32. The van der Waals surface area contributed by atoms with Crippen LogP contribution in [0.15, 0.2) is 102 Å². The molecule has 4 aromatic carbocycles. The summed E-state index contributed by atoms with van der Waals surface area (Å²) in [5.74, 6) is -3.26. The minimum atomic E-state index is -1.07. The molecule has 2 amide bonds. The Hall–Kier alpha value is -4.99. The summed E-state index contributed by atoms with van der Waals surface area (Å²) in [6, 6.07) is 25.2. The van der Waals surface area contributed by atoms with Gasteiger partial charge in [0.1, 0.15) is 11.5 Å². The molecule has 200 valence electrons. The van der Waals surface area contributed by atoms with Gasteiger partial charge in [-0.3, -0.25) is 9.59 Å². The smallest absolute Gasteiger partial charge is 0.343 e. The first-order valence-electron chi connectivity index (χ1n) is 11.6. The van der Waals surface area contributed by atoms with Gasteiger partial charge in [-0.25, -0.2) is 15.0 Å². The van der Waals surface area contributed by atoms with Gasteiger partial charge >= 0.3 is 23.8 Å². The van der Waals surface area contributed by atoms with E-state index in [1.807, 2.05) is 0 Å². The van der Waals surface area contributed by atoms with Crippen molar-refractivity contribution in [2.45, 2.75) is 0 Å². The Balaban J connectivity index is 1.49. The summed E-state index contributed by atoms with van der Waals surface area (Å²) in [7, 11) is 0. The molecule has 0 atom stereocenters. The van der Waals surface area contributed by atoms with Gasteiger partial charge in [0.15, 0.2) is 0 Å². The van der Waals surface area contributed by atoms with Crippen LogP contribution >= 0.6 is 23.2 Å². The number of hydrogen-bond donors (Lipinski definition) is 2. The lowest BCUT2D eigenvalue weighted by Gasteiger charge is -2.10. The lowest BCUT2D eigenvalue weighted by atomic mass is 10.2. The minimum Gasteiger partial charge on any atom is -0.423 e. The van der Waals surface area contributed by atoms with Crippen molar-refractivity contribution in [2.75, 3.05) is 5.32 Å². The normalized spacial score (nSPS) is 10.6. The monoisotopic (exact) mass is 575 g/mol. The fraction of sp³-hybridized carbons (Fsp3) is 0. The zero-order chi connectivity index (χ0) is 28.5. The van der Waals surface area contributed by atoms with Gasteiger partial charge in [0.05, 0.1) is 27.4 Å². The molecule has 2 N–H and O–H groups in total. The zero-order valence-electron chi connectivity index (χ0n) is 20.5. The van der Waals surface area contributed by atoms with Crippen LogP contribution in [0.25, 0.3) is 0 Å². The minimum absolute atomic E-state index is 0.00882. The van der Waals surface area contributed by atoms with Crippen LogP contribution in [0.1, 0.15) is 26.3 Å². The van der Waals surface area contributed by atoms with E-state index < -0.39 is 23.8 Å². The van der Waals surface area contributed by atoms with Gasteiger partial charge in [-0.1, -0.05) is 59.6 Å². The number of nitrogens with zero attached hydrogens (tertiary/aromatic N) is 1. The largest absolute Gasteiger partial charge is 0.423 e. The number of rotatable bonds is 7. The maximum atomic E-state index is 12.7. The fourth-order valence-corrected chi connectivity index (χ4v) is 3.52. The van der Waals surface area contributed by atoms with Crippen LogP contribution in [-0.2, 0) is 9.59 Å². The maximum Gasteiger partial charge on any atom is 0.343 e. The van der Waals surface area contributed by atoms with E-state index in [2.05, 4.69) is 15.8 Å². The summed E-state index contributed by atoms with van der Waals surface area (Å²) in [4.78, 5) is 49.6. The molecule has 0 aliphatic heterocycles. The Kier molecular flexibility index (Phi) is 9.24. The highest BCUT2D eigenvalue weighted by molar-refractivity contribution is 6.43. The van der Waals surface area contributed by atoms with E-state index in [9.17, 15) is 19.2 Å². The Labute approximate surface area is 238 Å². The average Bonchev–Trinajstić information content (AvgIpc) is 2.96. The van der Waals surface area contributed by atoms with E-state index in [0.29, 0.717) is 10.6 Å². The van der Waals surface area contributed by atoms with Crippen molar-refractivity contribution in [3.63, 3.8) is 0 Å². The van der Waals surface area contributed by atoms with Crippen molar-refractivity contribution < 1.29 is 28.7 Å². The van der Waals surface area contributed by atoms with Crippen LogP contribution in [0.2, 0.25) is 10.0 Å². The van der Waals surface area contributed by atoms with Crippen molar-refractivity contribution in [1.82, 2.24) is 5.43 Å². The summed E-state index contributed by atoms with van der Waals surface area (Å²) in [5.41, 5.74) is 3.21. The van der Waals surface area contributed by atoms with Crippen molar-refractivity contribution >= 4 is 58.9 Å².